The molecule has 1 aromatic heterocycles. The van der Waals surface area contributed by atoms with Gasteiger partial charge in [-0.05, 0) is 36.4 Å². The van der Waals surface area contributed by atoms with Crippen LogP contribution in [0.25, 0.3) is 22.8 Å². The smallest absolute Gasteiger partial charge is 0.258 e. The zero-order chi connectivity index (χ0) is 15.1. The van der Waals surface area contributed by atoms with Crippen molar-refractivity contribution in [3.05, 3.63) is 46.4 Å². The molecule has 1 aliphatic heterocycles. The molecule has 0 spiro atoms. The van der Waals surface area contributed by atoms with E-state index in [1.807, 2.05) is 18.2 Å². The van der Waals surface area contributed by atoms with E-state index in [1.54, 1.807) is 18.2 Å². The molecule has 0 bridgehead atoms. The number of hydrogen-bond acceptors (Lipinski definition) is 5. The van der Waals surface area contributed by atoms with Crippen LogP contribution in [0, 0.1) is 0 Å². The lowest BCUT2D eigenvalue weighted by Crippen LogP contribution is -1.92. The van der Waals surface area contributed by atoms with Gasteiger partial charge >= 0.3 is 0 Å². The highest BCUT2D eigenvalue weighted by Crippen LogP contribution is 2.35. The molecule has 2 heterocycles. The summed E-state index contributed by atoms with van der Waals surface area (Å²) in [6.07, 6.45) is 0. The van der Waals surface area contributed by atoms with Gasteiger partial charge < -0.3 is 14.0 Å². The van der Waals surface area contributed by atoms with Crippen molar-refractivity contribution in [2.75, 3.05) is 6.79 Å². The Balaban J connectivity index is 1.70. The topological polar surface area (TPSA) is 57.4 Å². The number of halogens is 2. The lowest BCUT2D eigenvalue weighted by atomic mass is 10.2. The standard InChI is InChI=1S/C15H8Cl2N2O3/c16-10-3-1-9(5-11(10)17)15-18-14(19-22-15)8-2-4-12-13(6-8)21-7-20-12/h1-6H,7H2. The summed E-state index contributed by atoms with van der Waals surface area (Å²) in [6, 6.07) is 10.6. The molecule has 0 amide bonds. The van der Waals surface area contributed by atoms with Crippen molar-refractivity contribution in [3.63, 3.8) is 0 Å². The molecular formula is C15H8Cl2N2O3. The van der Waals surface area contributed by atoms with Crippen molar-refractivity contribution in [1.29, 1.82) is 0 Å². The van der Waals surface area contributed by atoms with Crippen LogP contribution in [0.2, 0.25) is 10.0 Å². The highest BCUT2D eigenvalue weighted by Gasteiger charge is 2.17. The van der Waals surface area contributed by atoms with E-state index in [4.69, 9.17) is 37.2 Å². The SMILES string of the molecule is Clc1ccc(-c2nc(-c3ccc4c(c3)OCO4)no2)cc1Cl. The van der Waals surface area contributed by atoms with Crippen LogP contribution in [0.4, 0.5) is 0 Å². The van der Waals surface area contributed by atoms with Gasteiger partial charge in [0, 0.05) is 11.1 Å². The molecule has 110 valence electrons. The molecule has 0 fully saturated rings. The summed E-state index contributed by atoms with van der Waals surface area (Å²) in [5, 5.41) is 4.89. The molecule has 0 saturated carbocycles. The number of rotatable bonds is 2. The maximum atomic E-state index is 6.00. The summed E-state index contributed by atoms with van der Waals surface area (Å²) >= 11 is 11.9. The van der Waals surface area contributed by atoms with Crippen LogP contribution in [-0.4, -0.2) is 16.9 Å². The van der Waals surface area contributed by atoms with Crippen molar-refractivity contribution in [1.82, 2.24) is 10.1 Å². The fraction of sp³-hybridized carbons (Fsp3) is 0.0667. The Hall–Kier alpha value is -2.24. The predicted octanol–water partition coefficient (Wildman–Crippen LogP) is 4.44. The second kappa shape index (κ2) is 5.19. The minimum Gasteiger partial charge on any atom is -0.454 e. The summed E-state index contributed by atoms with van der Waals surface area (Å²) in [5.41, 5.74) is 1.48. The predicted molar refractivity (Wildman–Crippen MR) is 81.3 cm³/mol. The van der Waals surface area contributed by atoms with Crippen LogP contribution in [0.5, 0.6) is 11.5 Å². The second-order valence-corrected chi connectivity index (χ2v) is 5.43. The Morgan fingerprint density at radius 1 is 0.864 bits per heavy atom. The van der Waals surface area contributed by atoms with E-state index in [0.717, 1.165) is 5.56 Å². The Morgan fingerprint density at radius 3 is 2.55 bits per heavy atom. The molecule has 0 aliphatic carbocycles. The molecule has 0 saturated heterocycles. The Kier molecular flexibility index (Phi) is 3.17. The lowest BCUT2D eigenvalue weighted by Gasteiger charge is -1.98. The van der Waals surface area contributed by atoms with Gasteiger partial charge in [-0.25, -0.2) is 0 Å². The van der Waals surface area contributed by atoms with Crippen LogP contribution in [0.3, 0.4) is 0 Å². The van der Waals surface area contributed by atoms with Gasteiger partial charge in [-0.15, -0.1) is 0 Å². The van der Waals surface area contributed by atoms with Gasteiger partial charge in [0.1, 0.15) is 0 Å². The summed E-state index contributed by atoms with van der Waals surface area (Å²) in [5.74, 6) is 2.20. The first kappa shape index (κ1) is 13.4. The van der Waals surface area contributed by atoms with E-state index < -0.39 is 0 Å². The third-order valence-corrected chi connectivity index (χ3v) is 3.96. The minimum absolute atomic E-state index is 0.222. The molecule has 4 rings (SSSR count). The van der Waals surface area contributed by atoms with Gasteiger partial charge in [0.25, 0.3) is 5.89 Å². The molecule has 2 aromatic carbocycles. The molecule has 22 heavy (non-hydrogen) atoms. The van der Waals surface area contributed by atoms with E-state index in [1.165, 1.54) is 0 Å². The van der Waals surface area contributed by atoms with Gasteiger partial charge in [0.15, 0.2) is 11.5 Å². The number of fused-ring (bicyclic) bond motifs is 1. The summed E-state index contributed by atoms with van der Waals surface area (Å²) in [7, 11) is 0. The third-order valence-electron chi connectivity index (χ3n) is 3.22. The van der Waals surface area contributed by atoms with E-state index in [9.17, 15) is 0 Å². The van der Waals surface area contributed by atoms with Crippen molar-refractivity contribution < 1.29 is 14.0 Å². The third kappa shape index (κ3) is 2.28. The van der Waals surface area contributed by atoms with Gasteiger partial charge in [0.2, 0.25) is 12.6 Å². The van der Waals surface area contributed by atoms with Crippen molar-refractivity contribution in [2.24, 2.45) is 0 Å². The molecule has 1 aliphatic rings. The van der Waals surface area contributed by atoms with Crippen LogP contribution < -0.4 is 9.47 Å². The molecule has 0 radical (unpaired) electrons. The largest absolute Gasteiger partial charge is 0.454 e. The fourth-order valence-corrected chi connectivity index (χ4v) is 2.42. The summed E-state index contributed by atoms with van der Waals surface area (Å²) in [4.78, 5) is 4.37. The Bertz CT molecular complexity index is 864. The van der Waals surface area contributed by atoms with E-state index in [-0.39, 0.29) is 6.79 Å². The Morgan fingerprint density at radius 2 is 1.68 bits per heavy atom. The molecule has 3 aromatic rings. The highest BCUT2D eigenvalue weighted by molar-refractivity contribution is 6.42. The first-order chi connectivity index (χ1) is 10.7. The molecule has 5 nitrogen and oxygen atoms in total. The summed E-state index contributed by atoms with van der Waals surface area (Å²) in [6.45, 7) is 0.222. The van der Waals surface area contributed by atoms with Crippen molar-refractivity contribution in [3.8, 4) is 34.3 Å². The van der Waals surface area contributed by atoms with E-state index in [0.29, 0.717) is 38.8 Å². The molecular weight excluding hydrogens is 327 g/mol. The maximum Gasteiger partial charge on any atom is 0.258 e. The first-order valence-electron chi connectivity index (χ1n) is 6.40. The quantitative estimate of drug-likeness (QED) is 0.693. The average Bonchev–Trinajstić information content (AvgIpc) is 3.17. The van der Waals surface area contributed by atoms with Gasteiger partial charge in [-0.2, -0.15) is 4.98 Å². The lowest BCUT2D eigenvalue weighted by molar-refractivity contribution is 0.174. The maximum absolute atomic E-state index is 6.00. The molecule has 0 atom stereocenters. The number of hydrogen-bond donors (Lipinski definition) is 0. The van der Waals surface area contributed by atoms with Crippen molar-refractivity contribution >= 4 is 23.2 Å². The average molecular weight is 335 g/mol. The highest BCUT2D eigenvalue weighted by atomic mass is 35.5. The Labute approximate surface area is 135 Å². The number of aromatic nitrogens is 2. The zero-order valence-electron chi connectivity index (χ0n) is 11.0. The molecule has 0 unspecified atom stereocenters. The van der Waals surface area contributed by atoms with E-state index in [2.05, 4.69) is 10.1 Å². The fourth-order valence-electron chi connectivity index (χ4n) is 2.12. The summed E-state index contributed by atoms with van der Waals surface area (Å²) < 4.78 is 15.9. The zero-order valence-corrected chi connectivity index (χ0v) is 12.6. The van der Waals surface area contributed by atoms with Gasteiger partial charge in [-0.3, -0.25) is 0 Å². The van der Waals surface area contributed by atoms with Crippen LogP contribution in [0.15, 0.2) is 40.9 Å². The first-order valence-corrected chi connectivity index (χ1v) is 7.15. The van der Waals surface area contributed by atoms with Crippen LogP contribution in [0.1, 0.15) is 0 Å². The van der Waals surface area contributed by atoms with E-state index >= 15 is 0 Å². The van der Waals surface area contributed by atoms with Crippen molar-refractivity contribution in [2.45, 2.75) is 0 Å². The number of ether oxygens (including phenoxy) is 2. The normalized spacial score (nSPS) is 12.6. The minimum atomic E-state index is 0.222. The van der Waals surface area contributed by atoms with Gasteiger partial charge in [-0.1, -0.05) is 28.4 Å². The number of nitrogens with zero attached hydrogens (tertiary/aromatic N) is 2. The van der Waals surface area contributed by atoms with Crippen LogP contribution in [-0.2, 0) is 0 Å². The van der Waals surface area contributed by atoms with Crippen LogP contribution >= 0.6 is 23.2 Å². The molecule has 7 heteroatoms. The number of benzene rings is 2. The monoisotopic (exact) mass is 334 g/mol. The molecule has 0 N–H and O–H groups in total. The second-order valence-electron chi connectivity index (χ2n) is 4.62. The van der Waals surface area contributed by atoms with Gasteiger partial charge in [0.05, 0.1) is 10.0 Å².